The van der Waals surface area contributed by atoms with Gasteiger partial charge in [-0.2, -0.15) is 4.73 Å². The molecule has 2 aliphatic heterocycles. The predicted molar refractivity (Wildman–Crippen MR) is 100 cm³/mol. The summed E-state index contributed by atoms with van der Waals surface area (Å²) in [5, 5.41) is 14.0. The van der Waals surface area contributed by atoms with Gasteiger partial charge in [0.1, 0.15) is 5.69 Å². The second-order valence-corrected chi connectivity index (χ2v) is 7.13. The van der Waals surface area contributed by atoms with Gasteiger partial charge in [0.25, 0.3) is 5.56 Å². The minimum absolute atomic E-state index is 0.102. The lowest BCUT2D eigenvalue weighted by Crippen LogP contribution is -2.34. The molecule has 0 amide bonds. The highest BCUT2D eigenvalue weighted by Crippen LogP contribution is 2.39. The molecule has 0 spiro atoms. The first-order valence-electron chi connectivity index (χ1n) is 9.23. The molecule has 0 atom stereocenters. The molecule has 0 unspecified atom stereocenters. The first-order chi connectivity index (χ1) is 13.1. The Morgan fingerprint density at radius 3 is 2.70 bits per heavy atom. The molecule has 27 heavy (non-hydrogen) atoms. The Balaban J connectivity index is 1.81. The van der Waals surface area contributed by atoms with E-state index in [1.165, 1.54) is 0 Å². The van der Waals surface area contributed by atoms with E-state index in [2.05, 4.69) is 0 Å². The number of hydrogen-bond donors (Lipinski definition) is 0. The maximum Gasteiger partial charge on any atom is 0.254 e. The van der Waals surface area contributed by atoms with Gasteiger partial charge in [0.2, 0.25) is 11.2 Å². The number of pyridine rings is 2. The maximum atomic E-state index is 13.1. The van der Waals surface area contributed by atoms with Crippen molar-refractivity contribution in [3.05, 3.63) is 68.6 Å². The number of benzene rings is 1. The Labute approximate surface area is 156 Å². The van der Waals surface area contributed by atoms with E-state index in [0.717, 1.165) is 21.2 Å². The van der Waals surface area contributed by atoms with Crippen molar-refractivity contribution in [1.82, 2.24) is 4.57 Å². The summed E-state index contributed by atoms with van der Waals surface area (Å²) in [5.74, 6) is -0.911. The molecular formula is C21H20N2O4. The number of nitrogens with zero attached hydrogens (tertiary/aromatic N) is 2. The summed E-state index contributed by atoms with van der Waals surface area (Å²) in [5.41, 5.74) is 3.85. The first-order valence-corrected chi connectivity index (χ1v) is 9.23. The molecule has 0 bridgehead atoms. The molecule has 2 aliphatic rings. The number of fused-ring (bicyclic) bond motifs is 4. The van der Waals surface area contributed by atoms with Crippen LogP contribution in [0.1, 0.15) is 30.0 Å². The van der Waals surface area contributed by atoms with Gasteiger partial charge in [-0.1, -0.05) is 19.1 Å². The molecule has 5 rings (SSSR count). The normalized spacial score (nSPS) is 17.3. The first kappa shape index (κ1) is 16.5. The molecule has 0 aliphatic carbocycles. The van der Waals surface area contributed by atoms with Crippen LogP contribution in [0.4, 0.5) is 0 Å². The number of rotatable bonds is 2. The molecule has 1 fully saturated rings. The van der Waals surface area contributed by atoms with E-state index in [4.69, 9.17) is 9.47 Å². The zero-order chi connectivity index (χ0) is 18.8. The average molecular weight is 364 g/mol. The number of aromatic nitrogens is 2. The smallest absolute Gasteiger partial charge is 0.254 e. The molecule has 3 aromatic rings. The van der Waals surface area contributed by atoms with Gasteiger partial charge >= 0.3 is 0 Å². The summed E-state index contributed by atoms with van der Waals surface area (Å²) in [6.07, 6.45) is 0.596. The van der Waals surface area contributed by atoms with Crippen molar-refractivity contribution in [3.63, 3.8) is 0 Å². The highest BCUT2D eigenvalue weighted by Gasteiger charge is 2.41. The van der Waals surface area contributed by atoms with Crippen molar-refractivity contribution in [2.45, 2.75) is 32.6 Å². The van der Waals surface area contributed by atoms with Gasteiger partial charge in [-0.3, -0.25) is 9.36 Å². The van der Waals surface area contributed by atoms with E-state index < -0.39 is 5.79 Å². The van der Waals surface area contributed by atoms with Crippen molar-refractivity contribution < 1.29 is 14.2 Å². The summed E-state index contributed by atoms with van der Waals surface area (Å²) in [7, 11) is 0. The minimum atomic E-state index is -0.911. The summed E-state index contributed by atoms with van der Waals surface area (Å²) in [6, 6.07) is 11.4. The number of para-hydroxylation sites is 1. The van der Waals surface area contributed by atoms with Crippen LogP contribution in [0.2, 0.25) is 0 Å². The Kier molecular flexibility index (Phi) is 3.44. The van der Waals surface area contributed by atoms with Crippen LogP contribution < -0.4 is 10.3 Å². The van der Waals surface area contributed by atoms with Crippen molar-refractivity contribution in [1.29, 1.82) is 0 Å². The zero-order valence-corrected chi connectivity index (χ0v) is 15.3. The van der Waals surface area contributed by atoms with Crippen molar-refractivity contribution >= 4 is 10.9 Å². The van der Waals surface area contributed by atoms with E-state index in [1.807, 2.05) is 37.3 Å². The maximum absolute atomic E-state index is 13.1. The van der Waals surface area contributed by atoms with Gasteiger partial charge in [-0.05, 0) is 25.1 Å². The third-order valence-electron chi connectivity index (χ3n) is 5.74. The van der Waals surface area contributed by atoms with Crippen LogP contribution in [0.3, 0.4) is 0 Å². The molecule has 6 nitrogen and oxygen atoms in total. The Hall–Kier alpha value is -2.70. The standard InChI is InChI=1S/C21H20N2O4/c1-3-21(26-8-9-27-21)16-11-18-19-15(12-22(18)20(24)13(16)2)10-14-6-4-5-7-17(14)23(19)25/h4-7,10-11H,3,8-9,12H2,1-2H3. The molecule has 0 saturated carbocycles. The summed E-state index contributed by atoms with van der Waals surface area (Å²) in [6.45, 7) is 5.17. The Morgan fingerprint density at radius 1 is 1.22 bits per heavy atom. The number of hydrogen-bond acceptors (Lipinski definition) is 4. The van der Waals surface area contributed by atoms with E-state index in [-0.39, 0.29) is 5.56 Å². The quantitative estimate of drug-likeness (QED) is 0.405. The van der Waals surface area contributed by atoms with E-state index >= 15 is 0 Å². The highest BCUT2D eigenvalue weighted by atomic mass is 16.7. The van der Waals surface area contributed by atoms with Crippen molar-refractivity contribution in [2.24, 2.45) is 0 Å². The molecule has 2 aromatic heterocycles. The van der Waals surface area contributed by atoms with Gasteiger partial charge in [0.05, 0.1) is 19.8 Å². The topological polar surface area (TPSA) is 67.4 Å². The molecular weight excluding hydrogens is 344 g/mol. The van der Waals surface area contributed by atoms with Crippen LogP contribution in [-0.4, -0.2) is 17.8 Å². The third kappa shape index (κ3) is 2.14. The minimum Gasteiger partial charge on any atom is -0.618 e. The van der Waals surface area contributed by atoms with Crippen LogP contribution >= 0.6 is 0 Å². The lowest BCUT2D eigenvalue weighted by molar-refractivity contribution is -0.565. The van der Waals surface area contributed by atoms with Gasteiger partial charge in [0.15, 0.2) is 5.79 Å². The largest absolute Gasteiger partial charge is 0.618 e. The Bertz CT molecular complexity index is 1140. The van der Waals surface area contributed by atoms with E-state index in [1.54, 1.807) is 17.6 Å². The van der Waals surface area contributed by atoms with Crippen LogP contribution in [0, 0.1) is 12.1 Å². The second kappa shape index (κ2) is 5.65. The van der Waals surface area contributed by atoms with Crippen LogP contribution in [0.25, 0.3) is 22.3 Å². The molecule has 0 N–H and O–H groups in total. The monoisotopic (exact) mass is 364 g/mol. The van der Waals surface area contributed by atoms with E-state index in [9.17, 15) is 10.0 Å². The zero-order valence-electron chi connectivity index (χ0n) is 15.3. The lowest BCUT2D eigenvalue weighted by atomic mass is 9.97. The highest BCUT2D eigenvalue weighted by molar-refractivity contribution is 5.80. The summed E-state index contributed by atoms with van der Waals surface area (Å²) < 4.78 is 14.4. The molecule has 138 valence electrons. The van der Waals surface area contributed by atoms with Crippen molar-refractivity contribution in [2.75, 3.05) is 13.2 Å². The van der Waals surface area contributed by atoms with Crippen LogP contribution in [0.15, 0.2) is 41.2 Å². The van der Waals surface area contributed by atoms with Crippen LogP contribution in [0.5, 0.6) is 0 Å². The molecule has 0 radical (unpaired) electrons. The average Bonchev–Trinajstić information content (AvgIpc) is 3.30. The van der Waals surface area contributed by atoms with Gasteiger partial charge in [0, 0.05) is 34.6 Å². The Morgan fingerprint density at radius 2 is 1.96 bits per heavy atom. The van der Waals surface area contributed by atoms with Crippen LogP contribution in [-0.2, 0) is 21.8 Å². The fraction of sp³-hybridized carbons (Fsp3) is 0.333. The van der Waals surface area contributed by atoms with Gasteiger partial charge in [-0.15, -0.1) is 0 Å². The van der Waals surface area contributed by atoms with Crippen molar-refractivity contribution in [3.8, 4) is 11.4 Å². The lowest BCUT2D eigenvalue weighted by Gasteiger charge is -2.28. The van der Waals surface area contributed by atoms with E-state index in [0.29, 0.717) is 48.6 Å². The van der Waals surface area contributed by atoms with Gasteiger partial charge < -0.3 is 14.7 Å². The molecule has 6 heteroatoms. The molecule has 1 saturated heterocycles. The second-order valence-electron chi connectivity index (χ2n) is 7.13. The third-order valence-corrected chi connectivity index (χ3v) is 5.74. The fourth-order valence-electron chi connectivity index (χ4n) is 4.36. The molecule has 1 aromatic carbocycles. The summed E-state index contributed by atoms with van der Waals surface area (Å²) >= 11 is 0. The molecule has 4 heterocycles. The SMILES string of the molecule is CCC1(c2cc3n(c(=O)c2C)Cc2cc4ccccc4[n+]([O-])c2-3)OCCO1. The number of ether oxygens (including phenoxy) is 2. The fourth-order valence-corrected chi connectivity index (χ4v) is 4.36. The van der Waals surface area contributed by atoms with Gasteiger partial charge in [-0.25, -0.2) is 0 Å². The predicted octanol–water partition coefficient (Wildman–Crippen LogP) is 2.58. The summed E-state index contributed by atoms with van der Waals surface area (Å²) in [4.78, 5) is 13.1.